The number of carbonyl (C=O) groups excluding carboxylic acids is 1. The van der Waals surface area contributed by atoms with Gasteiger partial charge < -0.3 is 24.6 Å². The molecule has 8 heteroatoms. The van der Waals surface area contributed by atoms with E-state index in [1.54, 1.807) is 24.1 Å². The number of carbonyl (C=O) groups is 1. The molecule has 0 radical (unpaired) electrons. The lowest BCUT2D eigenvalue weighted by atomic mass is 10.1. The second kappa shape index (κ2) is 9.29. The van der Waals surface area contributed by atoms with Crippen molar-refractivity contribution in [3.63, 3.8) is 0 Å². The maximum Gasteiger partial charge on any atom is 0.322 e. The number of hydrogen-bond donors (Lipinski definition) is 1. The largest absolute Gasteiger partial charge is 0.497 e. The molecule has 1 atom stereocenters. The van der Waals surface area contributed by atoms with Crippen LogP contribution in [0.4, 0.5) is 20.6 Å². The van der Waals surface area contributed by atoms with Crippen molar-refractivity contribution in [2.75, 3.05) is 32.1 Å². The summed E-state index contributed by atoms with van der Waals surface area (Å²) in [6.07, 6.45) is 0. The molecule has 0 aromatic heterocycles. The van der Waals surface area contributed by atoms with E-state index in [4.69, 9.17) is 14.5 Å². The Morgan fingerprint density at radius 2 is 1.97 bits per heavy atom. The van der Waals surface area contributed by atoms with E-state index < -0.39 is 0 Å². The number of nitrogens with one attached hydrogen (secondary N) is 1. The Bertz CT molecular complexity index is 1310. The lowest BCUT2D eigenvalue weighted by molar-refractivity contribution is 0.145. The fourth-order valence-corrected chi connectivity index (χ4v) is 4.44. The Morgan fingerprint density at radius 1 is 1.11 bits per heavy atom. The number of urea groups is 1. The van der Waals surface area contributed by atoms with Crippen LogP contribution in [0.25, 0.3) is 0 Å². The smallest absolute Gasteiger partial charge is 0.322 e. The lowest BCUT2D eigenvalue weighted by Crippen LogP contribution is -2.56. The molecular formula is C27H27FN4O3. The predicted molar refractivity (Wildman–Crippen MR) is 134 cm³/mol. The van der Waals surface area contributed by atoms with E-state index in [1.807, 2.05) is 50.2 Å². The Balaban J connectivity index is 1.42. The lowest BCUT2D eigenvalue weighted by Gasteiger charge is -2.41. The molecule has 1 N–H and O–H groups in total. The minimum atomic E-state index is -0.390. The Labute approximate surface area is 203 Å². The fraction of sp³-hybridized carbons (Fsp3) is 0.259. The number of amidine groups is 1. The molecule has 35 heavy (non-hydrogen) atoms. The van der Waals surface area contributed by atoms with Gasteiger partial charge in [0.15, 0.2) is 5.75 Å². The molecule has 0 spiro atoms. The third-order valence-electron chi connectivity index (χ3n) is 6.25. The van der Waals surface area contributed by atoms with Crippen LogP contribution in [0.5, 0.6) is 17.2 Å². The quantitative estimate of drug-likeness (QED) is 0.528. The molecule has 2 amide bonds. The highest BCUT2D eigenvalue weighted by Gasteiger charge is 2.32. The third-order valence-corrected chi connectivity index (χ3v) is 6.25. The number of benzene rings is 3. The molecule has 1 fully saturated rings. The van der Waals surface area contributed by atoms with Crippen molar-refractivity contribution in [2.24, 2.45) is 4.99 Å². The van der Waals surface area contributed by atoms with Crippen LogP contribution in [0.15, 0.2) is 65.7 Å². The number of ether oxygens (including phenoxy) is 2. The zero-order chi connectivity index (χ0) is 24.5. The number of halogens is 1. The van der Waals surface area contributed by atoms with Crippen LogP contribution in [-0.4, -0.2) is 54.5 Å². The van der Waals surface area contributed by atoms with Gasteiger partial charge in [-0.1, -0.05) is 12.1 Å². The molecule has 2 aliphatic heterocycles. The summed E-state index contributed by atoms with van der Waals surface area (Å²) in [5, 5.41) is 2.80. The van der Waals surface area contributed by atoms with E-state index >= 15 is 0 Å². The van der Waals surface area contributed by atoms with Crippen LogP contribution in [0.1, 0.15) is 18.1 Å². The minimum absolute atomic E-state index is 0.101. The van der Waals surface area contributed by atoms with E-state index in [0.717, 1.165) is 22.6 Å². The summed E-state index contributed by atoms with van der Waals surface area (Å²) in [6.45, 7) is 5.66. The van der Waals surface area contributed by atoms with E-state index in [1.165, 1.54) is 12.1 Å². The average Bonchev–Trinajstić information content (AvgIpc) is 2.99. The molecule has 0 saturated carbocycles. The number of piperazine rings is 1. The van der Waals surface area contributed by atoms with Gasteiger partial charge in [0.1, 0.15) is 28.8 Å². The number of nitrogens with zero attached hydrogens (tertiary/aromatic N) is 3. The predicted octanol–water partition coefficient (Wildman–Crippen LogP) is 5.56. The van der Waals surface area contributed by atoms with Crippen LogP contribution in [0, 0.1) is 12.7 Å². The maximum atomic E-state index is 13.5. The van der Waals surface area contributed by atoms with Crippen LogP contribution in [0.2, 0.25) is 0 Å². The third kappa shape index (κ3) is 4.64. The van der Waals surface area contributed by atoms with Crippen LogP contribution in [0.3, 0.4) is 0 Å². The summed E-state index contributed by atoms with van der Waals surface area (Å²) in [5.74, 6) is 2.50. The normalized spacial score (nSPS) is 16.9. The van der Waals surface area contributed by atoms with E-state index in [-0.39, 0.29) is 17.9 Å². The van der Waals surface area contributed by atoms with Crippen molar-refractivity contribution in [2.45, 2.75) is 19.9 Å². The first-order valence-electron chi connectivity index (χ1n) is 11.5. The van der Waals surface area contributed by atoms with E-state index in [9.17, 15) is 9.18 Å². The summed E-state index contributed by atoms with van der Waals surface area (Å²) in [4.78, 5) is 21.9. The van der Waals surface area contributed by atoms with Gasteiger partial charge in [-0.2, -0.15) is 0 Å². The van der Waals surface area contributed by atoms with E-state index in [0.29, 0.717) is 42.6 Å². The number of hydrogen-bond acceptors (Lipinski definition) is 5. The van der Waals surface area contributed by atoms with Gasteiger partial charge in [-0.25, -0.2) is 14.2 Å². The van der Waals surface area contributed by atoms with Gasteiger partial charge in [-0.3, -0.25) is 0 Å². The summed E-state index contributed by atoms with van der Waals surface area (Å²) in [7, 11) is 1.63. The molecule has 180 valence electrons. The average molecular weight is 475 g/mol. The summed E-state index contributed by atoms with van der Waals surface area (Å²) in [6, 6.07) is 17.2. The first-order chi connectivity index (χ1) is 16.9. The van der Waals surface area contributed by atoms with Crippen LogP contribution in [-0.2, 0) is 0 Å². The first-order valence-corrected chi connectivity index (χ1v) is 11.5. The van der Waals surface area contributed by atoms with Crippen molar-refractivity contribution in [1.82, 2.24) is 9.80 Å². The second-order valence-electron chi connectivity index (χ2n) is 8.80. The van der Waals surface area contributed by atoms with Gasteiger partial charge in [0, 0.05) is 31.4 Å². The SMILES string of the molecule is COc1ccc2c(c1)C(N1CCN(C(=O)Nc3cccc(F)c3)C(C)C1)=Nc1ccc(C)cc1O2. The molecule has 5 rings (SSSR count). The highest BCUT2D eigenvalue weighted by molar-refractivity contribution is 6.04. The van der Waals surface area contributed by atoms with Crippen molar-refractivity contribution in [1.29, 1.82) is 0 Å². The Kier molecular flexibility index (Phi) is 6.03. The summed E-state index contributed by atoms with van der Waals surface area (Å²) < 4.78 is 25.3. The van der Waals surface area contributed by atoms with Crippen LogP contribution < -0.4 is 14.8 Å². The highest BCUT2D eigenvalue weighted by atomic mass is 19.1. The van der Waals surface area contributed by atoms with Crippen LogP contribution >= 0.6 is 0 Å². The zero-order valence-corrected chi connectivity index (χ0v) is 19.9. The van der Waals surface area contributed by atoms with Crippen molar-refractivity contribution in [3.05, 3.63) is 77.6 Å². The number of aryl methyl sites for hydroxylation is 1. The Morgan fingerprint density at radius 3 is 2.74 bits per heavy atom. The molecular weight excluding hydrogens is 447 g/mol. The summed E-state index contributed by atoms with van der Waals surface area (Å²) >= 11 is 0. The van der Waals surface area contributed by atoms with Gasteiger partial charge in [-0.15, -0.1) is 0 Å². The molecule has 1 unspecified atom stereocenters. The molecule has 0 aliphatic carbocycles. The molecule has 3 aromatic carbocycles. The minimum Gasteiger partial charge on any atom is -0.497 e. The number of anilines is 1. The topological polar surface area (TPSA) is 66.4 Å². The zero-order valence-electron chi connectivity index (χ0n) is 19.9. The molecule has 2 heterocycles. The molecule has 3 aromatic rings. The van der Waals surface area contributed by atoms with Gasteiger partial charge in [0.25, 0.3) is 0 Å². The monoisotopic (exact) mass is 474 g/mol. The number of rotatable bonds is 2. The van der Waals surface area contributed by atoms with Crippen molar-refractivity contribution in [3.8, 4) is 17.2 Å². The number of amides is 2. The molecule has 7 nitrogen and oxygen atoms in total. The van der Waals surface area contributed by atoms with Gasteiger partial charge >= 0.3 is 6.03 Å². The number of methoxy groups -OCH3 is 1. The number of fused-ring (bicyclic) bond motifs is 2. The maximum absolute atomic E-state index is 13.5. The Hall–Kier alpha value is -4.07. The molecule has 0 bridgehead atoms. The molecule has 2 aliphatic rings. The van der Waals surface area contributed by atoms with Crippen molar-refractivity contribution >= 4 is 23.2 Å². The van der Waals surface area contributed by atoms with Gasteiger partial charge in [0.2, 0.25) is 0 Å². The van der Waals surface area contributed by atoms with Gasteiger partial charge in [-0.05, 0) is 67.9 Å². The second-order valence-corrected chi connectivity index (χ2v) is 8.80. The first kappa shape index (κ1) is 22.7. The summed E-state index contributed by atoms with van der Waals surface area (Å²) in [5.41, 5.74) is 3.11. The highest BCUT2D eigenvalue weighted by Crippen LogP contribution is 2.40. The standard InChI is InChI=1S/C27H27FN4O3/c1-17-7-9-23-25(13-17)35-24-10-8-21(34-3)15-22(24)26(30-23)31-11-12-32(18(2)16-31)27(33)29-20-6-4-5-19(28)14-20/h4-10,13-15,18H,11-12,16H2,1-3H3,(H,29,33). The fourth-order valence-electron chi connectivity index (χ4n) is 4.44. The van der Waals surface area contributed by atoms with Crippen molar-refractivity contribution < 1.29 is 18.7 Å². The van der Waals surface area contributed by atoms with Gasteiger partial charge in [0.05, 0.1) is 12.7 Å². The van der Waals surface area contributed by atoms with E-state index in [2.05, 4.69) is 10.2 Å². The number of aliphatic imine (C=N–C) groups is 1. The molecule has 1 saturated heterocycles.